The van der Waals surface area contributed by atoms with Crippen molar-refractivity contribution in [3.63, 3.8) is 0 Å². The lowest BCUT2D eigenvalue weighted by Gasteiger charge is -2.41. The van der Waals surface area contributed by atoms with Crippen molar-refractivity contribution in [1.82, 2.24) is 5.32 Å². The summed E-state index contributed by atoms with van der Waals surface area (Å²) in [5.41, 5.74) is -2.26. The summed E-state index contributed by atoms with van der Waals surface area (Å²) in [5.74, 6) is -2.72. The Kier molecular flexibility index (Phi) is 15.3. The fourth-order valence-corrected chi connectivity index (χ4v) is 5.77. The highest BCUT2D eigenvalue weighted by molar-refractivity contribution is 5.99. The number of aromatic hydroxyl groups is 2. The monoisotopic (exact) mass is 714 g/mol. The molecule has 1 aliphatic carbocycles. The number of rotatable bonds is 17. The van der Waals surface area contributed by atoms with Gasteiger partial charge in [0.05, 0.1) is 24.4 Å². The Morgan fingerprint density at radius 2 is 1.63 bits per heavy atom. The number of aliphatic hydroxyl groups is 3. The summed E-state index contributed by atoms with van der Waals surface area (Å²) < 4.78 is 17.1. The van der Waals surface area contributed by atoms with Crippen LogP contribution < -0.4 is 15.4 Å². The number of carbonyl (C=O) groups excluding carboxylic acids is 3. The molecule has 3 rings (SSSR count). The molecular weight excluding hydrogens is 660 g/mol. The third-order valence-electron chi connectivity index (χ3n) is 8.43. The first kappa shape index (κ1) is 41.3. The fraction of sp³-hybridized carbons (Fsp3) is 0.553. The number of carbonyl (C=O) groups is 3. The molecule has 2 aromatic carbocycles. The average Bonchev–Trinajstić information content (AvgIpc) is 3.05. The largest absolute Gasteiger partial charge is 0.504 e. The van der Waals surface area contributed by atoms with Crippen molar-refractivity contribution >= 4 is 29.5 Å². The van der Waals surface area contributed by atoms with Crippen LogP contribution in [-0.4, -0.2) is 91.6 Å². The van der Waals surface area contributed by atoms with Crippen LogP contribution in [0.5, 0.6) is 17.2 Å². The number of unbranched alkanes of at least 4 members (excludes halogenated alkanes) is 5. The summed E-state index contributed by atoms with van der Waals surface area (Å²) in [6.45, 7) is 9.73. The van der Waals surface area contributed by atoms with Crippen molar-refractivity contribution in [2.75, 3.05) is 11.9 Å². The molecule has 0 aromatic heterocycles. The summed E-state index contributed by atoms with van der Waals surface area (Å²) in [4.78, 5) is 39.8. The first-order valence-corrected chi connectivity index (χ1v) is 17.5. The number of hydrogen-bond donors (Lipinski definition) is 7. The molecule has 51 heavy (non-hydrogen) atoms. The Morgan fingerprint density at radius 1 is 0.961 bits per heavy atom. The van der Waals surface area contributed by atoms with Gasteiger partial charge in [-0.25, -0.2) is 4.79 Å². The van der Waals surface area contributed by atoms with Gasteiger partial charge in [-0.3, -0.25) is 9.59 Å². The predicted octanol–water partition coefficient (Wildman–Crippen LogP) is 4.34. The van der Waals surface area contributed by atoms with E-state index in [2.05, 4.69) is 17.6 Å². The lowest BCUT2D eigenvalue weighted by Crippen LogP contribution is -2.63. The molecule has 13 heteroatoms. The van der Waals surface area contributed by atoms with Crippen LogP contribution in [0, 0.1) is 0 Å². The summed E-state index contributed by atoms with van der Waals surface area (Å²) >= 11 is 0. The number of ether oxygens (including phenoxy) is 3. The number of anilines is 1. The molecule has 6 atom stereocenters. The number of hydrogen-bond acceptors (Lipinski definition) is 11. The molecule has 0 radical (unpaired) electrons. The van der Waals surface area contributed by atoms with E-state index in [9.17, 15) is 39.9 Å². The maximum Gasteiger partial charge on any atom is 0.331 e. The Bertz CT molecular complexity index is 1470. The molecule has 13 nitrogen and oxygen atoms in total. The molecule has 0 saturated heterocycles. The first-order chi connectivity index (χ1) is 24.0. The smallest absolute Gasteiger partial charge is 0.331 e. The van der Waals surface area contributed by atoms with Gasteiger partial charge < -0.3 is 50.4 Å². The minimum atomic E-state index is -2.34. The summed E-state index contributed by atoms with van der Waals surface area (Å²) in [5, 5.41) is 57.1. The number of phenols is 2. The van der Waals surface area contributed by atoms with Gasteiger partial charge in [0.1, 0.15) is 29.6 Å². The molecule has 6 unspecified atom stereocenters. The average molecular weight is 715 g/mol. The maximum absolute atomic E-state index is 13.6. The molecule has 1 saturated carbocycles. The van der Waals surface area contributed by atoms with E-state index >= 15 is 0 Å². The number of nitrogens with one attached hydrogen (secondary N) is 2. The molecule has 282 valence electrons. The molecule has 1 aliphatic rings. The van der Waals surface area contributed by atoms with Gasteiger partial charge in [-0.05, 0) is 82.2 Å². The molecular formula is C38H54N2O11. The van der Waals surface area contributed by atoms with Gasteiger partial charge in [0.25, 0.3) is 5.91 Å². The second kappa shape index (κ2) is 18.9. The van der Waals surface area contributed by atoms with E-state index in [4.69, 9.17) is 14.2 Å². The van der Waals surface area contributed by atoms with Crippen LogP contribution in [0.1, 0.15) is 91.5 Å². The predicted molar refractivity (Wildman–Crippen MR) is 191 cm³/mol. The van der Waals surface area contributed by atoms with Crippen molar-refractivity contribution < 1.29 is 54.1 Å². The van der Waals surface area contributed by atoms with Crippen LogP contribution in [0.3, 0.4) is 0 Å². The van der Waals surface area contributed by atoms with Gasteiger partial charge in [0.15, 0.2) is 11.5 Å². The van der Waals surface area contributed by atoms with E-state index < -0.39 is 78.0 Å². The van der Waals surface area contributed by atoms with Crippen molar-refractivity contribution in [3.05, 3.63) is 54.1 Å². The molecule has 0 heterocycles. The van der Waals surface area contributed by atoms with Gasteiger partial charge in [0, 0.05) is 24.6 Å². The second-order valence-electron chi connectivity index (χ2n) is 14.1. The van der Waals surface area contributed by atoms with Crippen LogP contribution in [0.15, 0.2) is 48.5 Å². The van der Waals surface area contributed by atoms with Gasteiger partial charge in [0.2, 0.25) is 5.91 Å². The zero-order valence-corrected chi connectivity index (χ0v) is 30.1. The molecule has 7 N–H and O–H groups in total. The van der Waals surface area contributed by atoms with Gasteiger partial charge in [-0.1, -0.05) is 45.1 Å². The molecule has 1 fully saturated rings. The quantitative estimate of drug-likeness (QED) is 0.0532. The topological polar surface area (TPSA) is 204 Å². The van der Waals surface area contributed by atoms with Crippen LogP contribution in [0.25, 0.3) is 6.08 Å². The summed E-state index contributed by atoms with van der Waals surface area (Å²) in [6, 6.07) is 9.37. The molecule has 2 amide bonds. The molecule has 0 bridgehead atoms. The van der Waals surface area contributed by atoms with E-state index in [1.165, 1.54) is 50.0 Å². The first-order valence-electron chi connectivity index (χ1n) is 17.5. The Hall–Kier alpha value is -4.17. The minimum absolute atomic E-state index is 0.344. The van der Waals surface area contributed by atoms with Crippen molar-refractivity contribution in [1.29, 1.82) is 0 Å². The van der Waals surface area contributed by atoms with Crippen molar-refractivity contribution in [2.45, 2.75) is 128 Å². The fourth-order valence-electron chi connectivity index (χ4n) is 5.77. The Balaban J connectivity index is 1.67. The van der Waals surface area contributed by atoms with E-state index in [1.807, 2.05) is 0 Å². The van der Waals surface area contributed by atoms with Crippen molar-refractivity contribution in [3.8, 4) is 17.2 Å². The number of phenolic OH excluding ortho intramolecular Hbond substituents is 2. The number of amides is 2. The maximum atomic E-state index is 13.6. The lowest BCUT2D eigenvalue weighted by molar-refractivity contribution is -0.188. The van der Waals surface area contributed by atoms with Gasteiger partial charge in [-0.15, -0.1) is 0 Å². The van der Waals surface area contributed by atoms with Crippen molar-refractivity contribution in [2.24, 2.45) is 0 Å². The normalized spacial score (nSPS) is 21.8. The van der Waals surface area contributed by atoms with E-state index in [1.54, 1.807) is 52.0 Å². The minimum Gasteiger partial charge on any atom is -0.504 e. The van der Waals surface area contributed by atoms with E-state index in [-0.39, 0.29) is 5.75 Å². The third kappa shape index (κ3) is 13.1. The highest BCUT2D eigenvalue weighted by atomic mass is 16.6. The molecule has 2 aromatic rings. The standard InChI is InChI=1S/C38H54N2O11/c1-6-7-8-9-10-11-20-49-27-16-14-26(15-17-27)39-35(46)33(24(2)51-37(3,4)5)40-36(47)38(48)22-30(43)34(45)31(23-38)50-32(44)19-13-25-12-18-28(41)29(42)21-25/h12-19,21,24,30-31,33-34,41-43,45,48H,6-11,20,22-23H2,1-5H3,(H,39,46)(H,40,47)/b19-13+. The number of aliphatic hydroxyl groups excluding tert-OH is 2. The SMILES string of the molecule is CCCCCCCCOc1ccc(NC(=O)C(NC(=O)C2(O)CC(O)C(O)C(OC(=O)/C=C/c3ccc(O)c(O)c3)C2)C(C)OC(C)(C)C)cc1. The zero-order chi connectivity index (χ0) is 37.8. The highest BCUT2D eigenvalue weighted by Crippen LogP contribution is 2.32. The highest BCUT2D eigenvalue weighted by Gasteiger charge is 2.51. The van der Waals surface area contributed by atoms with E-state index in [0.29, 0.717) is 23.6 Å². The van der Waals surface area contributed by atoms with Crippen LogP contribution in [0.2, 0.25) is 0 Å². The third-order valence-corrected chi connectivity index (χ3v) is 8.43. The Morgan fingerprint density at radius 3 is 2.27 bits per heavy atom. The van der Waals surface area contributed by atoms with Gasteiger partial charge >= 0.3 is 5.97 Å². The second-order valence-corrected chi connectivity index (χ2v) is 14.1. The summed E-state index contributed by atoms with van der Waals surface area (Å²) in [7, 11) is 0. The Labute approximate surface area is 299 Å². The summed E-state index contributed by atoms with van der Waals surface area (Å²) in [6.07, 6.45) is 2.33. The lowest BCUT2D eigenvalue weighted by atomic mass is 9.78. The number of esters is 1. The van der Waals surface area contributed by atoms with Crippen LogP contribution in [-0.2, 0) is 23.9 Å². The van der Waals surface area contributed by atoms with Crippen LogP contribution in [0.4, 0.5) is 5.69 Å². The van der Waals surface area contributed by atoms with E-state index in [0.717, 1.165) is 18.9 Å². The van der Waals surface area contributed by atoms with Crippen LogP contribution >= 0.6 is 0 Å². The van der Waals surface area contributed by atoms with Gasteiger partial charge in [-0.2, -0.15) is 0 Å². The molecule has 0 aliphatic heterocycles. The molecule has 0 spiro atoms. The zero-order valence-electron chi connectivity index (χ0n) is 30.1. The number of benzene rings is 2.